The molecule has 4 rings (SSSR count). The Hall–Kier alpha value is -2.66. The quantitative estimate of drug-likeness (QED) is 0.271. The van der Waals surface area contributed by atoms with E-state index in [1.807, 2.05) is 29.6 Å². The molecular weight excluding hydrogens is 409 g/mol. The third kappa shape index (κ3) is 4.42. The number of anilines is 1. The molecule has 0 bridgehead atoms. The second-order valence-corrected chi connectivity index (χ2v) is 7.72. The van der Waals surface area contributed by atoms with Crippen molar-refractivity contribution in [3.05, 3.63) is 93.8 Å². The fourth-order valence-electron chi connectivity index (χ4n) is 2.68. The van der Waals surface area contributed by atoms with Crippen molar-refractivity contribution in [2.75, 3.05) is 5.43 Å². The van der Waals surface area contributed by atoms with Crippen LogP contribution in [-0.4, -0.2) is 11.2 Å². The predicted molar refractivity (Wildman–Crippen MR) is 121 cm³/mol. The lowest BCUT2D eigenvalue weighted by molar-refractivity contribution is 1.29. The molecule has 3 aromatic carbocycles. The standard InChI is InChI=1S/C22H15Cl2N3S/c23-19-11-10-18(20(24)12-19)13-25-27-22-26-21(14-28-22)17-8-6-16(7-9-17)15-4-2-1-3-5-15/h1-14H,(H,26,27)/b25-13+. The number of aromatic nitrogens is 1. The van der Waals surface area contributed by atoms with E-state index in [0.717, 1.165) is 16.8 Å². The normalized spacial score (nSPS) is 11.1. The van der Waals surface area contributed by atoms with Gasteiger partial charge in [-0.15, -0.1) is 11.3 Å². The molecule has 138 valence electrons. The van der Waals surface area contributed by atoms with Crippen molar-refractivity contribution in [3.63, 3.8) is 0 Å². The number of hydrogen-bond donors (Lipinski definition) is 1. The Morgan fingerprint density at radius 2 is 1.57 bits per heavy atom. The smallest absolute Gasteiger partial charge is 0.203 e. The monoisotopic (exact) mass is 423 g/mol. The zero-order chi connectivity index (χ0) is 19.3. The van der Waals surface area contributed by atoms with Crippen molar-refractivity contribution in [1.29, 1.82) is 0 Å². The summed E-state index contributed by atoms with van der Waals surface area (Å²) in [5.74, 6) is 0. The first-order valence-corrected chi connectivity index (χ1v) is 10.2. The topological polar surface area (TPSA) is 37.3 Å². The molecule has 0 saturated carbocycles. The average molecular weight is 424 g/mol. The van der Waals surface area contributed by atoms with Gasteiger partial charge in [0.05, 0.1) is 16.9 Å². The van der Waals surface area contributed by atoms with E-state index in [4.69, 9.17) is 23.2 Å². The minimum atomic E-state index is 0.552. The van der Waals surface area contributed by atoms with Crippen LogP contribution in [0.1, 0.15) is 5.56 Å². The molecule has 6 heteroatoms. The Balaban J connectivity index is 1.45. The summed E-state index contributed by atoms with van der Waals surface area (Å²) in [4.78, 5) is 4.59. The van der Waals surface area contributed by atoms with Crippen LogP contribution in [0.5, 0.6) is 0 Å². The zero-order valence-electron chi connectivity index (χ0n) is 14.6. The van der Waals surface area contributed by atoms with Crippen molar-refractivity contribution >= 4 is 45.9 Å². The molecule has 0 aliphatic rings. The van der Waals surface area contributed by atoms with Gasteiger partial charge in [-0.3, -0.25) is 5.43 Å². The van der Waals surface area contributed by atoms with E-state index in [2.05, 4.69) is 51.9 Å². The van der Waals surface area contributed by atoms with Gasteiger partial charge in [0.2, 0.25) is 5.13 Å². The van der Waals surface area contributed by atoms with Gasteiger partial charge in [-0.05, 0) is 23.3 Å². The molecule has 0 unspecified atom stereocenters. The van der Waals surface area contributed by atoms with Gasteiger partial charge >= 0.3 is 0 Å². The number of benzene rings is 3. The number of hydrazone groups is 1. The van der Waals surface area contributed by atoms with Crippen LogP contribution in [0.15, 0.2) is 83.3 Å². The summed E-state index contributed by atoms with van der Waals surface area (Å²) in [5.41, 5.74) is 8.09. The highest BCUT2D eigenvalue weighted by Gasteiger charge is 2.05. The van der Waals surface area contributed by atoms with Crippen molar-refractivity contribution in [1.82, 2.24) is 4.98 Å². The summed E-state index contributed by atoms with van der Waals surface area (Å²) >= 11 is 13.5. The largest absolute Gasteiger partial charge is 0.253 e. The highest BCUT2D eigenvalue weighted by atomic mass is 35.5. The lowest BCUT2D eigenvalue weighted by atomic mass is 10.0. The average Bonchev–Trinajstić information content (AvgIpc) is 3.19. The number of hydrogen-bond acceptors (Lipinski definition) is 4. The second-order valence-electron chi connectivity index (χ2n) is 6.02. The molecule has 0 fully saturated rings. The fraction of sp³-hybridized carbons (Fsp3) is 0. The molecule has 0 saturated heterocycles. The summed E-state index contributed by atoms with van der Waals surface area (Å²) in [5, 5.41) is 8.07. The van der Waals surface area contributed by atoms with Crippen molar-refractivity contribution in [2.45, 2.75) is 0 Å². The molecule has 0 aliphatic heterocycles. The van der Waals surface area contributed by atoms with Crippen LogP contribution in [0, 0.1) is 0 Å². The molecule has 1 aromatic heterocycles. The van der Waals surface area contributed by atoms with Crippen LogP contribution >= 0.6 is 34.5 Å². The molecular formula is C22H15Cl2N3S. The van der Waals surface area contributed by atoms with Gasteiger partial charge in [-0.2, -0.15) is 5.10 Å². The molecule has 1 heterocycles. The zero-order valence-corrected chi connectivity index (χ0v) is 17.0. The van der Waals surface area contributed by atoms with Gasteiger partial charge in [0.1, 0.15) is 0 Å². The Labute approximate surface area is 177 Å². The molecule has 4 aromatic rings. The number of halogens is 2. The number of nitrogens with one attached hydrogen (secondary N) is 1. The first-order chi connectivity index (χ1) is 13.7. The Morgan fingerprint density at radius 3 is 2.32 bits per heavy atom. The highest BCUT2D eigenvalue weighted by Crippen LogP contribution is 2.27. The van der Waals surface area contributed by atoms with E-state index >= 15 is 0 Å². The van der Waals surface area contributed by atoms with Gasteiger partial charge in [-0.25, -0.2) is 4.98 Å². The summed E-state index contributed by atoms with van der Waals surface area (Å²) in [6, 6.07) is 24.0. The van der Waals surface area contributed by atoms with Gasteiger partial charge < -0.3 is 0 Å². The Kier molecular flexibility index (Phi) is 5.72. The fourth-order valence-corrected chi connectivity index (χ4v) is 3.81. The van der Waals surface area contributed by atoms with Crippen LogP contribution in [0.3, 0.4) is 0 Å². The molecule has 0 atom stereocenters. The summed E-state index contributed by atoms with van der Waals surface area (Å²) in [7, 11) is 0. The minimum absolute atomic E-state index is 0.552. The number of rotatable bonds is 5. The van der Waals surface area contributed by atoms with E-state index in [0.29, 0.717) is 15.2 Å². The molecule has 0 amide bonds. The first kappa shape index (κ1) is 18.7. The van der Waals surface area contributed by atoms with Crippen LogP contribution in [0.2, 0.25) is 10.0 Å². The van der Waals surface area contributed by atoms with Crippen LogP contribution in [0.4, 0.5) is 5.13 Å². The van der Waals surface area contributed by atoms with Gasteiger partial charge in [0, 0.05) is 21.5 Å². The van der Waals surface area contributed by atoms with E-state index in [1.165, 1.54) is 22.5 Å². The number of thiazole rings is 1. The van der Waals surface area contributed by atoms with Crippen molar-refractivity contribution in [2.24, 2.45) is 5.10 Å². The summed E-state index contributed by atoms with van der Waals surface area (Å²) in [6.45, 7) is 0. The van der Waals surface area contributed by atoms with E-state index in [1.54, 1.807) is 18.3 Å². The van der Waals surface area contributed by atoms with E-state index in [-0.39, 0.29) is 0 Å². The lowest BCUT2D eigenvalue weighted by Gasteiger charge is -2.02. The van der Waals surface area contributed by atoms with Crippen molar-refractivity contribution in [3.8, 4) is 22.4 Å². The highest BCUT2D eigenvalue weighted by molar-refractivity contribution is 7.14. The summed E-state index contributed by atoms with van der Waals surface area (Å²) in [6.07, 6.45) is 1.65. The van der Waals surface area contributed by atoms with Gasteiger partial charge in [-0.1, -0.05) is 83.9 Å². The van der Waals surface area contributed by atoms with Crippen LogP contribution in [-0.2, 0) is 0 Å². The molecule has 0 spiro atoms. The van der Waals surface area contributed by atoms with Crippen molar-refractivity contribution < 1.29 is 0 Å². The van der Waals surface area contributed by atoms with E-state index < -0.39 is 0 Å². The third-order valence-electron chi connectivity index (χ3n) is 4.12. The molecule has 0 radical (unpaired) electrons. The van der Waals surface area contributed by atoms with E-state index in [9.17, 15) is 0 Å². The Bertz CT molecular complexity index is 1110. The number of nitrogens with zero attached hydrogens (tertiary/aromatic N) is 2. The first-order valence-electron chi connectivity index (χ1n) is 8.54. The van der Waals surface area contributed by atoms with Gasteiger partial charge in [0.15, 0.2) is 0 Å². The summed E-state index contributed by atoms with van der Waals surface area (Å²) < 4.78 is 0. The van der Waals surface area contributed by atoms with Gasteiger partial charge in [0.25, 0.3) is 0 Å². The van der Waals surface area contributed by atoms with Crippen LogP contribution < -0.4 is 5.43 Å². The molecule has 3 nitrogen and oxygen atoms in total. The molecule has 0 aliphatic carbocycles. The maximum atomic E-state index is 6.14. The molecule has 28 heavy (non-hydrogen) atoms. The molecule has 1 N–H and O–H groups in total. The van der Waals surface area contributed by atoms with Crippen LogP contribution in [0.25, 0.3) is 22.4 Å². The third-order valence-corrected chi connectivity index (χ3v) is 5.43. The second kappa shape index (κ2) is 8.57. The minimum Gasteiger partial charge on any atom is -0.253 e. The maximum absolute atomic E-state index is 6.14. The SMILES string of the molecule is Clc1ccc(/C=N/Nc2nc(-c3ccc(-c4ccccc4)cc3)cs2)c(Cl)c1. The predicted octanol–water partition coefficient (Wildman–Crippen LogP) is 7.23. The maximum Gasteiger partial charge on any atom is 0.203 e. The Morgan fingerprint density at radius 1 is 0.857 bits per heavy atom. The lowest BCUT2D eigenvalue weighted by Crippen LogP contribution is -1.91.